The number of carbonyl (C=O) groups excluding carboxylic acids is 1. The van der Waals surface area contributed by atoms with Crippen molar-refractivity contribution in [3.8, 4) is 5.75 Å². The number of halogens is 3. The monoisotopic (exact) mass is 404 g/mol. The Morgan fingerprint density at radius 1 is 1.17 bits per heavy atom. The number of hydrogen-bond acceptors (Lipinski definition) is 4. The number of rotatable bonds is 6. The Morgan fingerprint density at radius 3 is 2.55 bits per heavy atom. The van der Waals surface area contributed by atoms with Gasteiger partial charge in [-0.25, -0.2) is 0 Å². The molecule has 29 heavy (non-hydrogen) atoms. The third-order valence-corrected chi connectivity index (χ3v) is 4.36. The molecule has 1 aromatic heterocycles. The summed E-state index contributed by atoms with van der Waals surface area (Å²) in [5.41, 5.74) is 0.706. The Kier molecular flexibility index (Phi) is 5.91. The van der Waals surface area contributed by atoms with Crippen LogP contribution in [-0.4, -0.2) is 11.1 Å². The first kappa shape index (κ1) is 20.4. The second-order valence-electron chi connectivity index (χ2n) is 6.38. The second kappa shape index (κ2) is 8.38. The van der Waals surface area contributed by atoms with E-state index in [1.165, 1.54) is 17.7 Å². The van der Waals surface area contributed by atoms with Gasteiger partial charge in [-0.2, -0.15) is 13.2 Å². The number of ether oxygens (including phenoxy) is 1. The number of nitrogens with zero attached hydrogens (tertiary/aromatic N) is 1. The molecule has 0 saturated heterocycles. The van der Waals surface area contributed by atoms with Gasteiger partial charge in [-0.1, -0.05) is 30.3 Å². The topological polar surface area (TPSA) is 64.4 Å². The minimum absolute atomic E-state index is 0.00695. The molecule has 0 aliphatic rings. The van der Waals surface area contributed by atoms with Gasteiger partial charge < -0.3 is 14.6 Å². The van der Waals surface area contributed by atoms with Crippen LogP contribution in [0, 0.1) is 6.92 Å². The Labute approximate surface area is 165 Å². The van der Waals surface area contributed by atoms with Crippen LogP contribution in [0.2, 0.25) is 0 Å². The van der Waals surface area contributed by atoms with E-state index in [2.05, 4.69) is 10.5 Å². The number of anilines is 1. The molecule has 5 nitrogen and oxygen atoms in total. The van der Waals surface area contributed by atoms with E-state index >= 15 is 0 Å². The van der Waals surface area contributed by atoms with Crippen molar-refractivity contribution in [1.82, 2.24) is 5.16 Å². The molecular weight excluding hydrogens is 385 g/mol. The molecule has 0 atom stereocenters. The van der Waals surface area contributed by atoms with E-state index < -0.39 is 17.6 Å². The molecule has 0 fully saturated rings. The summed E-state index contributed by atoms with van der Waals surface area (Å²) < 4.78 is 49.3. The predicted octanol–water partition coefficient (Wildman–Crippen LogP) is 5.40. The molecular formula is C21H19F3N2O3. The van der Waals surface area contributed by atoms with Crippen LogP contribution in [0.25, 0.3) is 0 Å². The van der Waals surface area contributed by atoms with Gasteiger partial charge >= 0.3 is 6.18 Å². The first-order valence-electron chi connectivity index (χ1n) is 8.93. The lowest BCUT2D eigenvalue weighted by atomic mass is 10.1. The van der Waals surface area contributed by atoms with Crippen molar-refractivity contribution in [2.45, 2.75) is 33.1 Å². The molecule has 8 heteroatoms. The highest BCUT2D eigenvalue weighted by molar-refractivity contribution is 6.03. The fourth-order valence-electron chi connectivity index (χ4n) is 2.68. The minimum Gasteiger partial charge on any atom is -0.489 e. The van der Waals surface area contributed by atoms with E-state index in [1.54, 1.807) is 6.92 Å². The van der Waals surface area contributed by atoms with Crippen molar-refractivity contribution in [2.75, 3.05) is 5.32 Å². The van der Waals surface area contributed by atoms with Crippen LogP contribution in [0.5, 0.6) is 5.75 Å². The summed E-state index contributed by atoms with van der Waals surface area (Å²) in [6.45, 7) is 3.71. The van der Waals surface area contributed by atoms with Crippen LogP contribution in [-0.2, 0) is 19.2 Å². The number of amides is 1. The van der Waals surface area contributed by atoms with Crippen molar-refractivity contribution >= 4 is 11.6 Å². The minimum atomic E-state index is -4.50. The van der Waals surface area contributed by atoms with Crippen LogP contribution in [0.15, 0.2) is 53.1 Å². The maximum atomic E-state index is 12.8. The number of hydrogen-bond donors (Lipinski definition) is 1. The van der Waals surface area contributed by atoms with Gasteiger partial charge in [0.15, 0.2) is 5.69 Å². The molecule has 0 aliphatic carbocycles. The van der Waals surface area contributed by atoms with E-state index in [-0.39, 0.29) is 18.0 Å². The summed E-state index contributed by atoms with van der Waals surface area (Å²) in [6.07, 6.45) is -3.59. The predicted molar refractivity (Wildman–Crippen MR) is 101 cm³/mol. The summed E-state index contributed by atoms with van der Waals surface area (Å²) in [7, 11) is 0. The fraction of sp³-hybridized carbons (Fsp3) is 0.238. The Balaban J connectivity index is 1.73. The molecule has 0 spiro atoms. The Bertz CT molecular complexity index is 995. The van der Waals surface area contributed by atoms with E-state index in [4.69, 9.17) is 9.26 Å². The highest BCUT2D eigenvalue weighted by Gasteiger charge is 2.30. The van der Waals surface area contributed by atoms with Gasteiger partial charge in [-0.3, -0.25) is 4.79 Å². The molecule has 3 rings (SSSR count). The van der Waals surface area contributed by atoms with Crippen LogP contribution in [0.4, 0.5) is 18.9 Å². The zero-order valence-electron chi connectivity index (χ0n) is 15.8. The van der Waals surface area contributed by atoms with E-state index in [0.717, 1.165) is 18.6 Å². The van der Waals surface area contributed by atoms with Crippen LogP contribution >= 0.6 is 0 Å². The van der Waals surface area contributed by atoms with Crippen molar-refractivity contribution in [1.29, 1.82) is 0 Å². The van der Waals surface area contributed by atoms with Crippen LogP contribution < -0.4 is 10.1 Å². The van der Waals surface area contributed by atoms with Gasteiger partial charge in [0, 0.05) is 5.69 Å². The molecule has 0 radical (unpaired) electrons. The normalized spacial score (nSPS) is 11.3. The smallest absolute Gasteiger partial charge is 0.416 e. The lowest BCUT2D eigenvalue weighted by molar-refractivity contribution is -0.137. The summed E-state index contributed by atoms with van der Waals surface area (Å²) >= 11 is 0. The molecule has 0 unspecified atom stereocenters. The molecule has 0 aliphatic heterocycles. The maximum Gasteiger partial charge on any atom is 0.416 e. The molecule has 3 aromatic rings. The Morgan fingerprint density at radius 2 is 1.90 bits per heavy atom. The van der Waals surface area contributed by atoms with Gasteiger partial charge in [0.2, 0.25) is 0 Å². The number of carbonyl (C=O) groups is 1. The maximum absolute atomic E-state index is 12.8. The summed E-state index contributed by atoms with van der Waals surface area (Å²) in [5.74, 6) is 0.331. The molecule has 2 aromatic carbocycles. The number of alkyl halides is 3. The molecule has 1 heterocycles. The van der Waals surface area contributed by atoms with Gasteiger partial charge in [-0.05, 0) is 49.2 Å². The first-order valence-corrected chi connectivity index (χ1v) is 8.93. The summed E-state index contributed by atoms with van der Waals surface area (Å²) in [4.78, 5) is 12.5. The van der Waals surface area contributed by atoms with Crippen molar-refractivity contribution in [2.24, 2.45) is 0 Å². The SMILES string of the molecule is CCc1ccc(OCc2c(C(=O)Nc3cccc(C(F)(F)F)c3)noc2C)cc1. The molecule has 1 N–H and O–H groups in total. The quantitative estimate of drug-likeness (QED) is 0.598. The third kappa shape index (κ3) is 4.96. The number of benzene rings is 2. The molecule has 0 saturated carbocycles. The highest BCUT2D eigenvalue weighted by Crippen LogP contribution is 2.31. The molecule has 152 valence electrons. The zero-order chi connectivity index (χ0) is 21.0. The zero-order valence-corrected chi connectivity index (χ0v) is 15.8. The summed E-state index contributed by atoms with van der Waals surface area (Å²) in [5, 5.41) is 6.15. The average Bonchev–Trinajstić information content (AvgIpc) is 3.07. The van der Waals surface area contributed by atoms with Crippen LogP contribution in [0.1, 0.15) is 39.9 Å². The largest absolute Gasteiger partial charge is 0.489 e. The number of nitrogens with one attached hydrogen (secondary N) is 1. The van der Waals surface area contributed by atoms with Crippen molar-refractivity contribution in [3.63, 3.8) is 0 Å². The van der Waals surface area contributed by atoms with Gasteiger partial charge in [0.1, 0.15) is 18.1 Å². The standard InChI is InChI=1S/C21H19F3N2O3/c1-3-14-7-9-17(10-8-14)28-12-18-13(2)29-26-19(18)20(27)25-16-6-4-5-15(11-16)21(22,23)24/h4-11H,3,12H2,1-2H3,(H,25,27). The number of aromatic nitrogens is 1. The van der Waals surface area contributed by atoms with Crippen LogP contribution in [0.3, 0.4) is 0 Å². The fourth-order valence-corrected chi connectivity index (χ4v) is 2.68. The molecule has 1 amide bonds. The number of aryl methyl sites for hydroxylation is 2. The van der Waals surface area contributed by atoms with Gasteiger partial charge in [0.05, 0.1) is 11.1 Å². The van der Waals surface area contributed by atoms with Crippen molar-refractivity contribution < 1.29 is 27.2 Å². The van der Waals surface area contributed by atoms with E-state index in [1.807, 2.05) is 31.2 Å². The summed E-state index contributed by atoms with van der Waals surface area (Å²) in [6, 6.07) is 11.9. The molecule has 0 bridgehead atoms. The van der Waals surface area contributed by atoms with E-state index in [0.29, 0.717) is 17.1 Å². The van der Waals surface area contributed by atoms with Gasteiger partial charge in [-0.15, -0.1) is 0 Å². The average molecular weight is 404 g/mol. The van der Waals surface area contributed by atoms with E-state index in [9.17, 15) is 18.0 Å². The second-order valence-corrected chi connectivity index (χ2v) is 6.38. The van der Waals surface area contributed by atoms with Gasteiger partial charge in [0.25, 0.3) is 5.91 Å². The Hall–Kier alpha value is -3.29. The first-order chi connectivity index (χ1) is 13.8. The highest BCUT2D eigenvalue weighted by atomic mass is 19.4. The van der Waals surface area contributed by atoms with Crippen molar-refractivity contribution in [3.05, 3.63) is 76.7 Å². The lowest BCUT2D eigenvalue weighted by Gasteiger charge is -2.10. The lowest BCUT2D eigenvalue weighted by Crippen LogP contribution is -2.16. The third-order valence-electron chi connectivity index (χ3n) is 4.36.